The SMILES string of the molecule is CC(C)c1cccc(C(C)C)c1NC(=O)Cc1cccc(C(=O)O)c1. The molecule has 0 aliphatic rings. The Bertz CT molecular complexity index is 752. The Labute approximate surface area is 148 Å². The Kier molecular flexibility index (Phi) is 5.97. The predicted molar refractivity (Wildman–Crippen MR) is 100 cm³/mol. The van der Waals surface area contributed by atoms with Gasteiger partial charge in [-0.15, -0.1) is 0 Å². The lowest BCUT2D eigenvalue weighted by Gasteiger charge is -2.20. The van der Waals surface area contributed by atoms with Crippen LogP contribution in [0.3, 0.4) is 0 Å². The molecule has 0 aromatic heterocycles. The van der Waals surface area contributed by atoms with Crippen LogP contribution in [0.2, 0.25) is 0 Å². The number of anilines is 1. The van der Waals surface area contributed by atoms with Gasteiger partial charge in [-0.2, -0.15) is 0 Å². The van der Waals surface area contributed by atoms with Crippen LogP contribution in [0.15, 0.2) is 42.5 Å². The minimum atomic E-state index is -0.991. The number of carboxylic acid groups (broad SMARTS) is 1. The lowest BCUT2D eigenvalue weighted by molar-refractivity contribution is -0.115. The van der Waals surface area contributed by atoms with Gasteiger partial charge in [-0.05, 0) is 40.7 Å². The van der Waals surface area contributed by atoms with Crippen LogP contribution < -0.4 is 5.32 Å². The maximum absolute atomic E-state index is 12.6. The van der Waals surface area contributed by atoms with Crippen molar-refractivity contribution in [1.29, 1.82) is 0 Å². The number of carbonyl (C=O) groups excluding carboxylic acids is 1. The highest BCUT2D eigenvalue weighted by Crippen LogP contribution is 2.32. The van der Waals surface area contributed by atoms with E-state index in [1.165, 1.54) is 6.07 Å². The first-order valence-electron chi connectivity index (χ1n) is 8.54. The highest BCUT2D eigenvalue weighted by atomic mass is 16.4. The van der Waals surface area contributed by atoms with E-state index in [1.807, 2.05) is 18.2 Å². The van der Waals surface area contributed by atoms with Gasteiger partial charge in [-0.3, -0.25) is 4.79 Å². The Hall–Kier alpha value is -2.62. The third kappa shape index (κ3) is 4.69. The van der Waals surface area contributed by atoms with E-state index in [9.17, 15) is 9.59 Å². The van der Waals surface area contributed by atoms with Crippen molar-refractivity contribution in [2.45, 2.75) is 46.0 Å². The number of para-hydroxylation sites is 1. The molecule has 132 valence electrons. The van der Waals surface area contributed by atoms with E-state index in [4.69, 9.17) is 5.11 Å². The molecule has 0 aliphatic carbocycles. The number of hydrogen-bond acceptors (Lipinski definition) is 2. The highest BCUT2D eigenvalue weighted by molar-refractivity contribution is 5.94. The standard InChI is InChI=1S/C21H25NO3/c1-13(2)17-9-6-10-18(14(3)4)20(17)22-19(23)12-15-7-5-8-16(11-15)21(24)25/h5-11,13-14H,12H2,1-4H3,(H,22,23)(H,24,25). The molecule has 2 N–H and O–H groups in total. The van der Waals surface area contributed by atoms with Gasteiger partial charge in [0, 0.05) is 5.69 Å². The van der Waals surface area contributed by atoms with Crippen molar-refractivity contribution in [2.75, 3.05) is 5.32 Å². The number of rotatable bonds is 6. The zero-order valence-electron chi connectivity index (χ0n) is 15.2. The Morgan fingerprint density at radius 3 is 2.04 bits per heavy atom. The number of hydrogen-bond donors (Lipinski definition) is 2. The smallest absolute Gasteiger partial charge is 0.335 e. The summed E-state index contributed by atoms with van der Waals surface area (Å²) in [6.07, 6.45) is 0.144. The minimum Gasteiger partial charge on any atom is -0.478 e. The Morgan fingerprint density at radius 2 is 1.52 bits per heavy atom. The van der Waals surface area contributed by atoms with Crippen LogP contribution in [0.25, 0.3) is 0 Å². The van der Waals surface area contributed by atoms with E-state index in [0.717, 1.165) is 16.8 Å². The van der Waals surface area contributed by atoms with Crippen molar-refractivity contribution in [3.8, 4) is 0 Å². The molecule has 4 nitrogen and oxygen atoms in total. The molecule has 0 saturated heterocycles. The van der Waals surface area contributed by atoms with Crippen LogP contribution in [0.1, 0.15) is 66.6 Å². The third-order valence-corrected chi connectivity index (χ3v) is 4.18. The number of nitrogens with one attached hydrogen (secondary N) is 1. The van der Waals surface area contributed by atoms with Crippen LogP contribution in [-0.2, 0) is 11.2 Å². The molecule has 0 saturated carbocycles. The summed E-state index contributed by atoms with van der Waals surface area (Å²) in [5.74, 6) is -0.541. The number of carboxylic acids is 1. The van der Waals surface area contributed by atoms with E-state index < -0.39 is 5.97 Å². The number of aromatic carboxylic acids is 1. The molecule has 25 heavy (non-hydrogen) atoms. The average molecular weight is 339 g/mol. The first kappa shape index (κ1) is 18.7. The van der Waals surface area contributed by atoms with Gasteiger partial charge in [0.05, 0.1) is 12.0 Å². The average Bonchev–Trinajstić information content (AvgIpc) is 2.54. The van der Waals surface area contributed by atoms with Crippen molar-refractivity contribution in [1.82, 2.24) is 0 Å². The zero-order valence-corrected chi connectivity index (χ0v) is 15.2. The molecule has 2 aromatic carbocycles. The molecule has 0 aliphatic heterocycles. The monoisotopic (exact) mass is 339 g/mol. The summed E-state index contributed by atoms with van der Waals surface area (Å²) in [5.41, 5.74) is 3.98. The number of carbonyl (C=O) groups is 2. The van der Waals surface area contributed by atoms with E-state index in [-0.39, 0.29) is 17.9 Å². The first-order chi connectivity index (χ1) is 11.8. The Balaban J connectivity index is 2.26. The quantitative estimate of drug-likeness (QED) is 0.793. The van der Waals surface area contributed by atoms with Crippen molar-refractivity contribution in [2.24, 2.45) is 0 Å². The molecule has 0 radical (unpaired) electrons. The molecule has 1 amide bonds. The fraction of sp³-hybridized carbons (Fsp3) is 0.333. The number of amides is 1. The van der Waals surface area contributed by atoms with Gasteiger partial charge in [-0.1, -0.05) is 58.0 Å². The van der Waals surface area contributed by atoms with Gasteiger partial charge in [0.25, 0.3) is 0 Å². The molecule has 4 heteroatoms. The third-order valence-electron chi connectivity index (χ3n) is 4.18. The molecule has 0 spiro atoms. The van der Waals surface area contributed by atoms with E-state index >= 15 is 0 Å². The summed E-state index contributed by atoms with van der Waals surface area (Å²) < 4.78 is 0. The van der Waals surface area contributed by atoms with Gasteiger partial charge >= 0.3 is 5.97 Å². The normalized spacial score (nSPS) is 11.0. The molecule has 0 unspecified atom stereocenters. The lowest BCUT2D eigenvalue weighted by atomic mass is 9.92. The molecular formula is C21H25NO3. The van der Waals surface area contributed by atoms with Crippen molar-refractivity contribution in [3.05, 3.63) is 64.7 Å². The largest absolute Gasteiger partial charge is 0.478 e. The van der Waals surface area contributed by atoms with Gasteiger partial charge in [0.2, 0.25) is 5.91 Å². The molecule has 0 fully saturated rings. The second kappa shape index (κ2) is 7.97. The second-order valence-electron chi connectivity index (χ2n) is 6.85. The summed E-state index contributed by atoms with van der Waals surface area (Å²) in [6.45, 7) is 8.41. The second-order valence-corrected chi connectivity index (χ2v) is 6.85. The topological polar surface area (TPSA) is 66.4 Å². The number of benzene rings is 2. The highest BCUT2D eigenvalue weighted by Gasteiger charge is 2.16. The van der Waals surface area contributed by atoms with E-state index in [0.29, 0.717) is 17.4 Å². The fourth-order valence-electron chi connectivity index (χ4n) is 2.88. The predicted octanol–water partition coefficient (Wildman–Crippen LogP) is 4.81. The fourth-order valence-corrected chi connectivity index (χ4v) is 2.88. The summed E-state index contributed by atoms with van der Waals surface area (Å²) in [4.78, 5) is 23.6. The van der Waals surface area contributed by atoms with Crippen LogP contribution in [0, 0.1) is 0 Å². The summed E-state index contributed by atoms with van der Waals surface area (Å²) >= 11 is 0. The summed E-state index contributed by atoms with van der Waals surface area (Å²) in [7, 11) is 0. The lowest BCUT2D eigenvalue weighted by Crippen LogP contribution is -2.18. The molecular weight excluding hydrogens is 314 g/mol. The molecule has 0 atom stereocenters. The molecule has 2 aromatic rings. The van der Waals surface area contributed by atoms with Crippen molar-refractivity contribution >= 4 is 17.6 Å². The maximum atomic E-state index is 12.6. The summed E-state index contributed by atoms with van der Waals surface area (Å²) in [5, 5.41) is 12.1. The van der Waals surface area contributed by atoms with Crippen molar-refractivity contribution < 1.29 is 14.7 Å². The van der Waals surface area contributed by atoms with Gasteiger partial charge in [-0.25, -0.2) is 4.79 Å². The van der Waals surface area contributed by atoms with Crippen LogP contribution >= 0.6 is 0 Å². The molecule has 0 bridgehead atoms. The van der Waals surface area contributed by atoms with Crippen molar-refractivity contribution in [3.63, 3.8) is 0 Å². The van der Waals surface area contributed by atoms with E-state index in [1.54, 1.807) is 18.2 Å². The molecule has 2 rings (SSSR count). The van der Waals surface area contributed by atoms with Gasteiger partial charge in [0.1, 0.15) is 0 Å². The van der Waals surface area contributed by atoms with E-state index in [2.05, 4.69) is 33.0 Å². The maximum Gasteiger partial charge on any atom is 0.335 e. The van der Waals surface area contributed by atoms with Gasteiger partial charge in [0.15, 0.2) is 0 Å². The van der Waals surface area contributed by atoms with Crippen LogP contribution in [0.5, 0.6) is 0 Å². The minimum absolute atomic E-state index is 0.141. The first-order valence-corrected chi connectivity index (χ1v) is 8.54. The van der Waals surface area contributed by atoms with Gasteiger partial charge < -0.3 is 10.4 Å². The zero-order chi connectivity index (χ0) is 18.6. The summed E-state index contributed by atoms with van der Waals surface area (Å²) in [6, 6.07) is 12.6. The molecule has 0 heterocycles. The Morgan fingerprint density at radius 1 is 0.960 bits per heavy atom. The van der Waals surface area contributed by atoms with Crippen LogP contribution in [-0.4, -0.2) is 17.0 Å². The van der Waals surface area contributed by atoms with Crippen LogP contribution in [0.4, 0.5) is 5.69 Å².